The van der Waals surface area contributed by atoms with Crippen molar-refractivity contribution >= 4 is 16.9 Å². The molecule has 0 radical (unpaired) electrons. The van der Waals surface area contributed by atoms with Crippen LogP contribution in [0.3, 0.4) is 0 Å². The summed E-state index contributed by atoms with van der Waals surface area (Å²) in [4.78, 5) is 30.8. The number of cyclic esters (lactones) is 1. The number of nitrogens with zero attached hydrogens (tertiary/aromatic N) is 2. The maximum Gasteiger partial charge on any atom is 0.343 e. The number of hydrogen-bond donors (Lipinski definition) is 2. The predicted molar refractivity (Wildman–Crippen MR) is 129 cm³/mol. The summed E-state index contributed by atoms with van der Waals surface area (Å²) in [6.45, 7) is 1.92. The van der Waals surface area contributed by atoms with E-state index in [2.05, 4.69) is 0 Å². The number of pyridine rings is 2. The lowest BCUT2D eigenvalue weighted by Gasteiger charge is -2.31. The number of hydrogen-bond acceptors (Lipinski definition) is 8. The zero-order chi connectivity index (χ0) is 25.0. The molecule has 9 heteroatoms. The van der Waals surface area contributed by atoms with Crippen molar-refractivity contribution in [3.8, 4) is 11.4 Å². The minimum absolute atomic E-state index is 0.0859. The fourth-order valence-corrected chi connectivity index (χ4v) is 5.29. The third-order valence-electron chi connectivity index (χ3n) is 7.33. The summed E-state index contributed by atoms with van der Waals surface area (Å²) in [5, 5.41) is 21.5. The molecule has 0 spiro atoms. The molecule has 0 fully saturated rings. The van der Waals surface area contributed by atoms with Gasteiger partial charge in [0.15, 0.2) is 11.9 Å². The van der Waals surface area contributed by atoms with E-state index in [9.17, 15) is 19.8 Å². The number of fused-ring (bicyclic) bond motifs is 5. The van der Waals surface area contributed by atoms with Gasteiger partial charge in [-0.15, -0.1) is 0 Å². The second-order valence-electron chi connectivity index (χ2n) is 9.32. The first-order chi connectivity index (χ1) is 17.4. The van der Waals surface area contributed by atoms with Crippen molar-refractivity contribution < 1.29 is 29.2 Å². The first-order valence-corrected chi connectivity index (χ1v) is 12.1. The lowest BCUT2D eigenvalue weighted by atomic mass is 9.86. The van der Waals surface area contributed by atoms with Gasteiger partial charge in [-0.25, -0.2) is 9.78 Å². The normalized spacial score (nSPS) is 24.4. The van der Waals surface area contributed by atoms with Crippen LogP contribution >= 0.6 is 0 Å². The Morgan fingerprint density at radius 1 is 1.25 bits per heavy atom. The SMILES string of the molecule is CC[C@@]1(O)C(=O)OCc2c1cc1n(c2=O)Cc2c-1nc1ccccc1c2CO[C@@H]1C=CC[C@@H](CO)O1. The van der Waals surface area contributed by atoms with Crippen LogP contribution in [0, 0.1) is 0 Å². The Morgan fingerprint density at radius 2 is 2.08 bits per heavy atom. The van der Waals surface area contributed by atoms with E-state index >= 15 is 0 Å². The number of benzene rings is 1. The smallest absolute Gasteiger partial charge is 0.343 e. The number of aliphatic hydroxyl groups excluding tert-OH is 1. The molecular weight excluding hydrogens is 464 g/mol. The Kier molecular flexibility index (Phi) is 5.53. The fraction of sp³-hybridized carbons (Fsp3) is 0.370. The van der Waals surface area contributed by atoms with Crippen LogP contribution in [0.5, 0.6) is 0 Å². The molecule has 5 heterocycles. The number of esters is 1. The van der Waals surface area contributed by atoms with Crippen molar-refractivity contribution in [2.45, 2.75) is 57.5 Å². The summed E-state index contributed by atoms with van der Waals surface area (Å²) in [7, 11) is 0. The largest absolute Gasteiger partial charge is 0.458 e. The minimum atomic E-state index is -1.87. The molecular formula is C27H26N2O7. The third kappa shape index (κ3) is 3.42. The Balaban J connectivity index is 1.47. The van der Waals surface area contributed by atoms with Gasteiger partial charge in [0.25, 0.3) is 5.56 Å². The van der Waals surface area contributed by atoms with Crippen LogP contribution in [0.4, 0.5) is 0 Å². The lowest BCUT2D eigenvalue weighted by molar-refractivity contribution is -0.172. The number of rotatable bonds is 5. The van der Waals surface area contributed by atoms with Crippen LogP contribution in [-0.4, -0.2) is 44.7 Å². The molecule has 3 aliphatic rings. The first-order valence-electron chi connectivity index (χ1n) is 12.1. The summed E-state index contributed by atoms with van der Waals surface area (Å²) >= 11 is 0. The Labute approximate surface area is 206 Å². The van der Waals surface area contributed by atoms with Crippen molar-refractivity contribution in [2.75, 3.05) is 6.61 Å². The molecule has 0 unspecified atom stereocenters. The number of carbonyl (C=O) groups is 1. The van der Waals surface area contributed by atoms with Crippen molar-refractivity contribution in [2.24, 2.45) is 0 Å². The number of aliphatic hydroxyl groups is 2. The van der Waals surface area contributed by atoms with Crippen LogP contribution in [-0.2, 0) is 44.4 Å². The number of ether oxygens (including phenoxy) is 3. The van der Waals surface area contributed by atoms with Gasteiger partial charge in [-0.1, -0.05) is 31.2 Å². The quantitative estimate of drug-likeness (QED) is 0.323. The number of aromatic nitrogens is 2. The molecule has 186 valence electrons. The molecule has 3 aliphatic heterocycles. The van der Waals surface area contributed by atoms with Crippen LogP contribution in [0.25, 0.3) is 22.3 Å². The van der Waals surface area contributed by atoms with E-state index in [1.165, 1.54) is 0 Å². The first kappa shape index (κ1) is 23.1. The van der Waals surface area contributed by atoms with E-state index in [0.29, 0.717) is 17.8 Å². The molecule has 0 bridgehead atoms. The van der Waals surface area contributed by atoms with Crippen LogP contribution in [0.1, 0.15) is 42.0 Å². The van der Waals surface area contributed by atoms with Gasteiger partial charge in [-0.05, 0) is 36.6 Å². The topological polar surface area (TPSA) is 120 Å². The maximum atomic E-state index is 13.5. The summed E-state index contributed by atoms with van der Waals surface area (Å²) in [5.74, 6) is -0.748. The average Bonchev–Trinajstić information content (AvgIpc) is 3.28. The van der Waals surface area contributed by atoms with E-state index in [1.54, 1.807) is 17.6 Å². The molecule has 36 heavy (non-hydrogen) atoms. The van der Waals surface area contributed by atoms with Gasteiger partial charge in [0, 0.05) is 16.5 Å². The summed E-state index contributed by atoms with van der Waals surface area (Å²) in [6.07, 6.45) is 3.57. The molecule has 0 saturated heterocycles. The highest BCUT2D eigenvalue weighted by Crippen LogP contribution is 2.40. The van der Waals surface area contributed by atoms with Crippen molar-refractivity contribution in [3.05, 3.63) is 75.1 Å². The lowest BCUT2D eigenvalue weighted by Crippen LogP contribution is -2.44. The zero-order valence-corrected chi connectivity index (χ0v) is 19.8. The van der Waals surface area contributed by atoms with Crippen LogP contribution in [0.15, 0.2) is 47.3 Å². The van der Waals surface area contributed by atoms with Gasteiger partial charge in [0.05, 0.1) is 48.3 Å². The molecule has 1 aromatic carbocycles. The monoisotopic (exact) mass is 490 g/mol. The molecule has 3 atom stereocenters. The molecule has 3 aromatic rings. The van der Waals surface area contributed by atoms with Gasteiger partial charge < -0.3 is 29.0 Å². The van der Waals surface area contributed by atoms with Crippen LogP contribution < -0.4 is 5.56 Å². The van der Waals surface area contributed by atoms with E-state index in [1.807, 2.05) is 36.4 Å². The fourth-order valence-electron chi connectivity index (χ4n) is 5.29. The highest BCUT2D eigenvalue weighted by atomic mass is 16.7. The summed E-state index contributed by atoms with van der Waals surface area (Å²) in [5.41, 5.74) is 2.04. The molecule has 9 nitrogen and oxygen atoms in total. The minimum Gasteiger partial charge on any atom is -0.458 e. The van der Waals surface area contributed by atoms with Gasteiger partial charge in [-0.3, -0.25) is 4.79 Å². The standard InChI is InChI=1S/C27H26N2O7/c1-2-27(33)20-10-22-24-17(11-29(22)25(31)19(20)14-35-26(27)32)18(16-7-3-4-8-21(16)28-24)13-34-23-9-5-6-15(12-30)36-23/h3-5,7-10,15,23,30,33H,2,6,11-14H2,1H3/t15-,23-,27-/m0/s1. The van der Waals surface area contributed by atoms with Crippen molar-refractivity contribution in [3.63, 3.8) is 0 Å². The highest BCUT2D eigenvalue weighted by Gasteiger charge is 2.45. The van der Waals surface area contributed by atoms with E-state index in [-0.39, 0.29) is 55.6 Å². The van der Waals surface area contributed by atoms with Gasteiger partial charge in [0.1, 0.15) is 6.61 Å². The third-order valence-corrected chi connectivity index (χ3v) is 7.33. The van der Waals surface area contributed by atoms with Gasteiger partial charge in [-0.2, -0.15) is 0 Å². The number of para-hydroxylation sites is 1. The average molecular weight is 491 g/mol. The summed E-state index contributed by atoms with van der Waals surface area (Å²) in [6, 6.07) is 9.39. The summed E-state index contributed by atoms with van der Waals surface area (Å²) < 4.78 is 18.6. The molecule has 6 rings (SSSR count). The maximum absolute atomic E-state index is 13.5. The molecule has 0 saturated carbocycles. The Morgan fingerprint density at radius 3 is 2.89 bits per heavy atom. The van der Waals surface area contributed by atoms with Crippen molar-refractivity contribution in [1.29, 1.82) is 0 Å². The van der Waals surface area contributed by atoms with E-state index in [0.717, 1.165) is 22.0 Å². The molecule has 2 N–H and O–H groups in total. The van der Waals surface area contributed by atoms with Crippen LogP contribution in [0.2, 0.25) is 0 Å². The van der Waals surface area contributed by atoms with E-state index in [4.69, 9.17) is 19.2 Å². The highest BCUT2D eigenvalue weighted by molar-refractivity contribution is 5.89. The molecule has 0 amide bonds. The molecule has 2 aromatic heterocycles. The van der Waals surface area contributed by atoms with Gasteiger partial charge in [0.2, 0.25) is 0 Å². The van der Waals surface area contributed by atoms with Gasteiger partial charge >= 0.3 is 5.97 Å². The molecule has 0 aliphatic carbocycles. The zero-order valence-electron chi connectivity index (χ0n) is 19.8. The van der Waals surface area contributed by atoms with E-state index < -0.39 is 17.9 Å². The predicted octanol–water partition coefficient (Wildman–Crippen LogP) is 2.26. The Bertz CT molecular complexity index is 1480. The number of carbonyl (C=O) groups excluding carboxylic acids is 1. The second kappa shape index (κ2) is 8.63. The Hall–Kier alpha value is -3.37. The second-order valence-corrected chi connectivity index (χ2v) is 9.32. The van der Waals surface area contributed by atoms with Crippen molar-refractivity contribution in [1.82, 2.24) is 9.55 Å².